The van der Waals surface area contributed by atoms with Crippen molar-refractivity contribution in [2.45, 2.75) is 39.2 Å². The minimum Gasteiger partial charge on any atom is -0.357 e. The zero-order valence-corrected chi connectivity index (χ0v) is 20.3. The van der Waals surface area contributed by atoms with Crippen molar-refractivity contribution in [3.05, 3.63) is 23.9 Å². The van der Waals surface area contributed by atoms with Crippen LogP contribution < -0.4 is 10.2 Å². The van der Waals surface area contributed by atoms with E-state index in [1.165, 1.54) is 44.3 Å². The molecular weight excluding hydrogens is 475 g/mol. The Hall–Kier alpha value is -1.09. The predicted octanol–water partition coefficient (Wildman–Crippen LogP) is 3.04. The zero-order chi connectivity index (χ0) is 19.3. The van der Waals surface area contributed by atoms with E-state index in [1.807, 2.05) is 6.20 Å². The van der Waals surface area contributed by atoms with Crippen LogP contribution in [0.15, 0.2) is 23.3 Å². The highest BCUT2D eigenvalue weighted by Gasteiger charge is 2.35. The molecule has 162 valence electrons. The molecule has 7 heteroatoms. The lowest BCUT2D eigenvalue weighted by Gasteiger charge is -2.33. The molecule has 2 saturated heterocycles. The molecule has 2 unspecified atom stereocenters. The molecular formula is C22H37IN6. The Morgan fingerprint density at radius 1 is 1.10 bits per heavy atom. The van der Waals surface area contributed by atoms with E-state index >= 15 is 0 Å². The molecule has 2 aliphatic heterocycles. The molecule has 1 N–H and O–H groups in total. The minimum atomic E-state index is 0. The fourth-order valence-corrected chi connectivity index (χ4v) is 4.90. The summed E-state index contributed by atoms with van der Waals surface area (Å²) in [5.41, 5.74) is 1.19. The number of pyridine rings is 1. The van der Waals surface area contributed by atoms with Gasteiger partial charge in [0.15, 0.2) is 5.96 Å². The van der Waals surface area contributed by atoms with Crippen molar-refractivity contribution in [2.75, 3.05) is 57.8 Å². The maximum Gasteiger partial charge on any atom is 0.194 e. The first-order valence-corrected chi connectivity index (χ1v) is 11.1. The number of anilines is 1. The van der Waals surface area contributed by atoms with E-state index < -0.39 is 0 Å². The van der Waals surface area contributed by atoms with Crippen LogP contribution in [0.1, 0.15) is 38.2 Å². The van der Waals surface area contributed by atoms with Gasteiger partial charge in [-0.25, -0.2) is 9.98 Å². The third kappa shape index (κ3) is 5.75. The van der Waals surface area contributed by atoms with Crippen LogP contribution in [-0.4, -0.2) is 73.6 Å². The van der Waals surface area contributed by atoms with Gasteiger partial charge >= 0.3 is 0 Å². The summed E-state index contributed by atoms with van der Waals surface area (Å²) in [7, 11) is 2.18. The topological polar surface area (TPSA) is 47.0 Å². The third-order valence-electron chi connectivity index (χ3n) is 6.66. The number of nitrogens with zero attached hydrogens (tertiary/aromatic N) is 5. The van der Waals surface area contributed by atoms with Crippen molar-refractivity contribution >= 4 is 35.8 Å². The number of fused-ring (bicyclic) bond motifs is 1. The van der Waals surface area contributed by atoms with Gasteiger partial charge in [-0.1, -0.05) is 18.9 Å². The number of likely N-dealkylation sites (tertiary alicyclic amines) is 1. The zero-order valence-electron chi connectivity index (χ0n) is 18.0. The average Bonchev–Trinajstić information content (AvgIpc) is 3.16. The molecule has 0 bridgehead atoms. The molecule has 2 atom stereocenters. The molecule has 1 aromatic heterocycles. The molecule has 3 fully saturated rings. The first-order valence-electron chi connectivity index (χ1n) is 11.1. The maximum absolute atomic E-state index is 4.95. The molecule has 29 heavy (non-hydrogen) atoms. The van der Waals surface area contributed by atoms with Crippen LogP contribution in [0.4, 0.5) is 5.82 Å². The Labute approximate surface area is 193 Å². The van der Waals surface area contributed by atoms with Crippen LogP contribution in [0.3, 0.4) is 0 Å². The van der Waals surface area contributed by atoms with E-state index in [2.05, 4.69) is 46.1 Å². The van der Waals surface area contributed by atoms with E-state index in [-0.39, 0.29) is 24.0 Å². The van der Waals surface area contributed by atoms with E-state index in [4.69, 9.17) is 9.98 Å². The van der Waals surface area contributed by atoms with Crippen LogP contribution in [0.2, 0.25) is 0 Å². The fraction of sp³-hybridized carbons (Fsp3) is 0.727. The highest BCUT2D eigenvalue weighted by molar-refractivity contribution is 14.0. The molecule has 6 nitrogen and oxygen atoms in total. The quantitative estimate of drug-likeness (QED) is 0.382. The molecule has 0 spiro atoms. The molecule has 0 amide bonds. The summed E-state index contributed by atoms with van der Waals surface area (Å²) in [5.74, 6) is 3.93. The summed E-state index contributed by atoms with van der Waals surface area (Å²) in [6.07, 6.45) is 7.63. The minimum absolute atomic E-state index is 0. The van der Waals surface area contributed by atoms with E-state index in [0.717, 1.165) is 56.3 Å². The average molecular weight is 512 g/mol. The Bertz CT molecular complexity index is 642. The molecule has 1 aromatic rings. The van der Waals surface area contributed by atoms with Crippen molar-refractivity contribution < 1.29 is 0 Å². The lowest BCUT2D eigenvalue weighted by atomic mass is 9.82. The van der Waals surface area contributed by atoms with Crippen LogP contribution in [0.25, 0.3) is 0 Å². The number of piperazine rings is 1. The van der Waals surface area contributed by atoms with Crippen molar-refractivity contribution in [1.29, 1.82) is 0 Å². The van der Waals surface area contributed by atoms with Gasteiger partial charge in [-0.15, -0.1) is 24.0 Å². The van der Waals surface area contributed by atoms with Gasteiger partial charge < -0.3 is 20.0 Å². The van der Waals surface area contributed by atoms with Gasteiger partial charge in [-0.2, -0.15) is 0 Å². The first kappa shape index (κ1) is 22.6. The summed E-state index contributed by atoms with van der Waals surface area (Å²) in [6.45, 7) is 10.5. The lowest BCUT2D eigenvalue weighted by molar-refractivity contribution is 0.299. The number of nitrogens with one attached hydrogen (secondary N) is 1. The second kappa shape index (κ2) is 10.8. The number of aliphatic imine (C=N–C) groups is 1. The molecule has 3 aliphatic rings. The van der Waals surface area contributed by atoms with E-state index in [1.54, 1.807) is 0 Å². The monoisotopic (exact) mass is 512 g/mol. The highest BCUT2D eigenvalue weighted by Crippen LogP contribution is 2.36. The number of rotatable bonds is 4. The predicted molar refractivity (Wildman–Crippen MR) is 131 cm³/mol. The number of halogens is 1. The van der Waals surface area contributed by atoms with Gasteiger partial charge in [0.1, 0.15) is 5.82 Å². The van der Waals surface area contributed by atoms with Crippen LogP contribution in [-0.2, 0) is 6.54 Å². The van der Waals surface area contributed by atoms with E-state index in [0.29, 0.717) is 6.54 Å². The van der Waals surface area contributed by atoms with Crippen LogP contribution >= 0.6 is 24.0 Å². The number of aromatic nitrogens is 1. The van der Waals surface area contributed by atoms with E-state index in [9.17, 15) is 0 Å². The summed E-state index contributed by atoms with van der Waals surface area (Å²) < 4.78 is 0. The lowest BCUT2D eigenvalue weighted by Crippen LogP contribution is -2.44. The Balaban J connectivity index is 0.00000240. The molecule has 0 radical (unpaired) electrons. The smallest absolute Gasteiger partial charge is 0.194 e. The Morgan fingerprint density at radius 3 is 2.38 bits per heavy atom. The Kier molecular flexibility index (Phi) is 8.41. The van der Waals surface area contributed by atoms with Crippen molar-refractivity contribution in [3.8, 4) is 0 Å². The van der Waals surface area contributed by atoms with Gasteiger partial charge in [0.25, 0.3) is 0 Å². The standard InChI is InChI=1S/C22H36N6.HI/c1-3-23-22(28-16-19-6-4-5-7-20(19)17-28)25-15-18-8-9-21(24-14-18)27-12-10-26(2)11-13-27;/h8-9,14,19-20H,3-7,10-13,15-17H2,1-2H3,(H,23,25);1H. The SMILES string of the molecule is CCNC(=NCc1ccc(N2CCN(C)CC2)nc1)N1CC2CCCCC2C1.I. The summed E-state index contributed by atoms with van der Waals surface area (Å²) in [6, 6.07) is 4.35. The summed E-state index contributed by atoms with van der Waals surface area (Å²) in [5, 5.41) is 3.51. The molecule has 0 aromatic carbocycles. The molecule has 1 saturated carbocycles. The summed E-state index contributed by atoms with van der Waals surface area (Å²) in [4.78, 5) is 16.9. The molecule has 4 rings (SSSR count). The first-order chi connectivity index (χ1) is 13.7. The maximum atomic E-state index is 4.95. The van der Waals surface area contributed by atoms with Gasteiger partial charge in [-0.05, 0) is 50.3 Å². The number of guanidine groups is 1. The van der Waals surface area contributed by atoms with Crippen molar-refractivity contribution in [2.24, 2.45) is 16.8 Å². The summed E-state index contributed by atoms with van der Waals surface area (Å²) >= 11 is 0. The van der Waals surface area contributed by atoms with Crippen molar-refractivity contribution in [3.63, 3.8) is 0 Å². The van der Waals surface area contributed by atoms with Gasteiger partial charge in [-0.3, -0.25) is 0 Å². The second-order valence-electron chi connectivity index (χ2n) is 8.69. The number of likely N-dealkylation sites (N-methyl/N-ethyl adjacent to an activating group) is 1. The number of hydrogen-bond acceptors (Lipinski definition) is 4. The van der Waals surface area contributed by atoms with Gasteiger partial charge in [0.05, 0.1) is 6.54 Å². The normalized spacial score (nSPS) is 25.5. The largest absolute Gasteiger partial charge is 0.357 e. The van der Waals surface area contributed by atoms with Gasteiger partial charge in [0, 0.05) is 52.0 Å². The van der Waals surface area contributed by atoms with Crippen molar-refractivity contribution in [1.82, 2.24) is 20.1 Å². The number of hydrogen-bond donors (Lipinski definition) is 1. The molecule has 3 heterocycles. The fourth-order valence-electron chi connectivity index (χ4n) is 4.90. The van der Waals surface area contributed by atoms with Gasteiger partial charge in [0.2, 0.25) is 0 Å². The Morgan fingerprint density at radius 2 is 1.79 bits per heavy atom. The third-order valence-corrected chi connectivity index (χ3v) is 6.66. The van der Waals surface area contributed by atoms with Crippen LogP contribution in [0.5, 0.6) is 0 Å². The van der Waals surface area contributed by atoms with Crippen LogP contribution in [0, 0.1) is 11.8 Å². The highest BCUT2D eigenvalue weighted by atomic mass is 127. The molecule has 1 aliphatic carbocycles. The second-order valence-corrected chi connectivity index (χ2v) is 8.69.